The Kier molecular flexibility index (Phi) is 5.02. The van der Waals surface area contributed by atoms with Crippen LogP contribution in [0, 0.1) is 0 Å². The number of ether oxygens (including phenoxy) is 1. The summed E-state index contributed by atoms with van der Waals surface area (Å²) in [5.41, 5.74) is 7.14. The number of hydrogen-bond acceptors (Lipinski definition) is 2. The van der Waals surface area contributed by atoms with Crippen LogP contribution in [0.25, 0.3) is 0 Å². The molecule has 2 rings (SSSR count). The Morgan fingerprint density at radius 1 is 1.11 bits per heavy atom. The molecule has 2 aromatic carbocycles. The lowest BCUT2D eigenvalue weighted by Gasteiger charge is -2.16. The first-order chi connectivity index (χ1) is 9.11. The lowest BCUT2D eigenvalue weighted by molar-refractivity contribution is 0.466. The van der Waals surface area contributed by atoms with Crippen LogP contribution in [0.15, 0.2) is 51.4 Å². The minimum absolute atomic E-state index is 0.00887. The highest BCUT2D eigenvalue weighted by molar-refractivity contribution is 9.11. The molecule has 0 unspecified atom stereocenters. The first-order valence-corrected chi connectivity index (χ1v) is 7.67. The SMILES string of the molecule is CC[C@@H](N)c1ccccc1Oc1ccc(Br)cc1Br. The maximum absolute atomic E-state index is 6.11. The molecule has 0 aliphatic heterocycles. The van der Waals surface area contributed by atoms with Crippen molar-refractivity contribution in [3.05, 3.63) is 57.0 Å². The molecule has 19 heavy (non-hydrogen) atoms. The molecule has 2 N–H and O–H groups in total. The van der Waals surface area contributed by atoms with Gasteiger partial charge in [-0.15, -0.1) is 0 Å². The first-order valence-electron chi connectivity index (χ1n) is 6.09. The summed E-state index contributed by atoms with van der Waals surface area (Å²) in [4.78, 5) is 0. The average Bonchev–Trinajstić information content (AvgIpc) is 2.41. The third kappa shape index (κ3) is 3.59. The third-order valence-corrected chi connectivity index (χ3v) is 3.99. The molecule has 2 aromatic rings. The Balaban J connectivity index is 2.33. The lowest BCUT2D eigenvalue weighted by atomic mass is 10.0. The van der Waals surface area contributed by atoms with Gasteiger partial charge in [0.15, 0.2) is 0 Å². The van der Waals surface area contributed by atoms with Gasteiger partial charge in [0.25, 0.3) is 0 Å². The maximum Gasteiger partial charge on any atom is 0.141 e. The minimum Gasteiger partial charge on any atom is -0.456 e. The fraction of sp³-hybridized carbons (Fsp3) is 0.200. The van der Waals surface area contributed by atoms with Crippen molar-refractivity contribution >= 4 is 31.9 Å². The summed E-state index contributed by atoms with van der Waals surface area (Å²) in [6, 6.07) is 13.7. The van der Waals surface area contributed by atoms with Gasteiger partial charge in [0.05, 0.1) is 4.47 Å². The summed E-state index contributed by atoms with van der Waals surface area (Å²) in [5, 5.41) is 0. The van der Waals surface area contributed by atoms with Crippen molar-refractivity contribution in [1.82, 2.24) is 0 Å². The Labute approximate surface area is 130 Å². The van der Waals surface area contributed by atoms with E-state index in [1.54, 1.807) is 0 Å². The van der Waals surface area contributed by atoms with Crippen molar-refractivity contribution in [2.24, 2.45) is 5.73 Å². The van der Waals surface area contributed by atoms with Gasteiger partial charge >= 0.3 is 0 Å². The van der Waals surface area contributed by atoms with Crippen molar-refractivity contribution in [3.8, 4) is 11.5 Å². The van der Waals surface area contributed by atoms with Gasteiger partial charge < -0.3 is 10.5 Å². The van der Waals surface area contributed by atoms with Crippen molar-refractivity contribution < 1.29 is 4.74 Å². The van der Waals surface area contributed by atoms with Crippen LogP contribution in [0.1, 0.15) is 24.9 Å². The van der Waals surface area contributed by atoms with Gasteiger partial charge in [-0.25, -0.2) is 0 Å². The Bertz CT molecular complexity index is 572. The molecule has 0 spiro atoms. The second kappa shape index (κ2) is 6.55. The van der Waals surface area contributed by atoms with Gasteiger partial charge in [0, 0.05) is 16.1 Å². The molecule has 0 saturated heterocycles. The highest BCUT2D eigenvalue weighted by Gasteiger charge is 2.11. The van der Waals surface area contributed by atoms with Crippen LogP contribution in [-0.2, 0) is 0 Å². The third-order valence-electron chi connectivity index (χ3n) is 2.87. The number of para-hydroxylation sites is 1. The van der Waals surface area contributed by atoms with Gasteiger partial charge in [0.1, 0.15) is 11.5 Å². The number of halogens is 2. The molecule has 2 nitrogen and oxygen atoms in total. The summed E-state index contributed by atoms with van der Waals surface area (Å²) < 4.78 is 7.88. The molecule has 0 aromatic heterocycles. The fourth-order valence-corrected chi connectivity index (χ4v) is 2.90. The monoisotopic (exact) mass is 383 g/mol. The molecule has 4 heteroatoms. The summed E-state index contributed by atoms with van der Waals surface area (Å²) in [5.74, 6) is 1.58. The normalized spacial score (nSPS) is 12.2. The van der Waals surface area contributed by atoms with E-state index in [0.717, 1.165) is 32.4 Å². The summed E-state index contributed by atoms with van der Waals surface area (Å²) in [6.45, 7) is 2.07. The Hall–Kier alpha value is -0.840. The van der Waals surface area contributed by atoms with Gasteiger partial charge in [-0.2, -0.15) is 0 Å². The highest BCUT2D eigenvalue weighted by atomic mass is 79.9. The fourth-order valence-electron chi connectivity index (χ4n) is 1.78. The molecule has 0 fully saturated rings. The molecular weight excluding hydrogens is 370 g/mol. The Morgan fingerprint density at radius 2 is 1.84 bits per heavy atom. The largest absolute Gasteiger partial charge is 0.456 e. The van der Waals surface area contributed by atoms with Crippen molar-refractivity contribution in [1.29, 1.82) is 0 Å². The van der Waals surface area contributed by atoms with E-state index in [1.165, 1.54) is 0 Å². The molecule has 0 bridgehead atoms. The predicted octanol–water partition coefficient (Wildman–Crippen LogP) is 5.41. The number of rotatable bonds is 4. The van der Waals surface area contributed by atoms with E-state index < -0.39 is 0 Å². The van der Waals surface area contributed by atoms with Crippen LogP contribution >= 0.6 is 31.9 Å². The summed E-state index contributed by atoms with van der Waals surface area (Å²) >= 11 is 6.92. The maximum atomic E-state index is 6.11. The second-order valence-electron chi connectivity index (χ2n) is 4.23. The van der Waals surface area contributed by atoms with E-state index in [9.17, 15) is 0 Å². The van der Waals surface area contributed by atoms with Gasteiger partial charge in [-0.05, 0) is 46.6 Å². The first kappa shape index (κ1) is 14.6. The van der Waals surface area contributed by atoms with E-state index in [0.29, 0.717) is 0 Å². The van der Waals surface area contributed by atoms with E-state index in [-0.39, 0.29) is 6.04 Å². The molecule has 0 radical (unpaired) electrons. The summed E-state index contributed by atoms with van der Waals surface area (Å²) in [6.07, 6.45) is 0.877. The molecule has 100 valence electrons. The zero-order chi connectivity index (χ0) is 13.8. The van der Waals surface area contributed by atoms with E-state index >= 15 is 0 Å². The molecule has 0 amide bonds. The van der Waals surface area contributed by atoms with Crippen molar-refractivity contribution in [2.75, 3.05) is 0 Å². The Morgan fingerprint density at radius 3 is 2.53 bits per heavy atom. The van der Waals surface area contributed by atoms with Crippen molar-refractivity contribution in [3.63, 3.8) is 0 Å². The molecular formula is C15H15Br2NO. The van der Waals surface area contributed by atoms with Gasteiger partial charge in [-0.3, -0.25) is 0 Å². The van der Waals surface area contributed by atoms with E-state index in [2.05, 4.69) is 38.8 Å². The van der Waals surface area contributed by atoms with Gasteiger partial charge in [-0.1, -0.05) is 41.1 Å². The van der Waals surface area contributed by atoms with Crippen LogP contribution in [0.5, 0.6) is 11.5 Å². The molecule has 0 aliphatic carbocycles. The highest BCUT2D eigenvalue weighted by Crippen LogP contribution is 2.35. The minimum atomic E-state index is -0.00887. The smallest absolute Gasteiger partial charge is 0.141 e. The topological polar surface area (TPSA) is 35.2 Å². The van der Waals surface area contributed by atoms with E-state index in [4.69, 9.17) is 10.5 Å². The predicted molar refractivity (Wildman–Crippen MR) is 85.6 cm³/mol. The van der Waals surface area contributed by atoms with Gasteiger partial charge in [0.2, 0.25) is 0 Å². The van der Waals surface area contributed by atoms with Crippen LogP contribution in [0.4, 0.5) is 0 Å². The standard InChI is InChI=1S/C15H15Br2NO/c1-2-13(18)11-5-3-4-6-14(11)19-15-8-7-10(16)9-12(15)17/h3-9,13H,2,18H2,1H3/t13-/m1/s1. The second-order valence-corrected chi connectivity index (χ2v) is 6.00. The number of benzene rings is 2. The van der Waals surface area contributed by atoms with E-state index in [1.807, 2.05) is 42.5 Å². The molecule has 0 heterocycles. The molecule has 0 saturated carbocycles. The van der Waals surface area contributed by atoms with Crippen molar-refractivity contribution in [2.45, 2.75) is 19.4 Å². The van der Waals surface area contributed by atoms with Crippen LogP contribution in [-0.4, -0.2) is 0 Å². The average molecular weight is 385 g/mol. The van der Waals surface area contributed by atoms with Crippen LogP contribution in [0.3, 0.4) is 0 Å². The zero-order valence-corrected chi connectivity index (χ0v) is 13.7. The molecule has 0 aliphatic rings. The quantitative estimate of drug-likeness (QED) is 0.764. The summed E-state index contributed by atoms with van der Waals surface area (Å²) in [7, 11) is 0. The number of hydrogen-bond donors (Lipinski definition) is 1. The number of nitrogens with two attached hydrogens (primary N) is 1. The zero-order valence-electron chi connectivity index (χ0n) is 10.6. The van der Waals surface area contributed by atoms with Crippen LogP contribution < -0.4 is 10.5 Å². The molecule has 1 atom stereocenters. The van der Waals surface area contributed by atoms with Crippen LogP contribution in [0.2, 0.25) is 0 Å². The lowest BCUT2D eigenvalue weighted by Crippen LogP contribution is -2.09.